The van der Waals surface area contributed by atoms with Crippen molar-refractivity contribution in [2.24, 2.45) is 0 Å². The van der Waals surface area contributed by atoms with Gasteiger partial charge in [-0.2, -0.15) is 0 Å². The van der Waals surface area contributed by atoms with Crippen molar-refractivity contribution in [1.29, 1.82) is 0 Å². The summed E-state index contributed by atoms with van der Waals surface area (Å²) in [7, 11) is 0. The Bertz CT molecular complexity index is 454. The fourth-order valence-electron chi connectivity index (χ4n) is 2.20. The van der Waals surface area contributed by atoms with Gasteiger partial charge in [-0.05, 0) is 32.0 Å². The van der Waals surface area contributed by atoms with Crippen LogP contribution >= 0.6 is 11.6 Å². The van der Waals surface area contributed by atoms with Crippen LogP contribution in [-0.2, 0) is 4.74 Å². The number of halogens is 1. The largest absolute Gasteiger partial charge is 0.507 e. The Morgan fingerprint density at radius 2 is 2.00 bits per heavy atom. The molecule has 1 aromatic carbocycles. The van der Waals surface area contributed by atoms with E-state index in [2.05, 4.69) is 0 Å². The van der Waals surface area contributed by atoms with Gasteiger partial charge in [-0.15, -0.1) is 0 Å². The fraction of sp³-hybridized carbons (Fsp3) is 0.462. The Hall–Kier alpha value is -1.26. The first kappa shape index (κ1) is 13.2. The fourth-order valence-corrected chi connectivity index (χ4v) is 2.37. The quantitative estimate of drug-likeness (QED) is 0.851. The van der Waals surface area contributed by atoms with E-state index in [1.54, 1.807) is 17.0 Å². The van der Waals surface area contributed by atoms with Crippen LogP contribution in [0.1, 0.15) is 24.2 Å². The Labute approximate surface area is 111 Å². The monoisotopic (exact) mass is 269 g/mol. The SMILES string of the molecule is C[C@@H]1CN(C(=O)c2ccc(Cl)cc2O)C[C@H](C)O1. The molecule has 0 aromatic heterocycles. The summed E-state index contributed by atoms with van der Waals surface area (Å²) in [5, 5.41) is 10.2. The molecule has 0 saturated carbocycles. The van der Waals surface area contributed by atoms with Crippen LogP contribution in [-0.4, -0.2) is 41.2 Å². The Kier molecular flexibility index (Phi) is 3.78. The summed E-state index contributed by atoms with van der Waals surface area (Å²) >= 11 is 5.75. The predicted molar refractivity (Wildman–Crippen MR) is 69.0 cm³/mol. The number of phenolic OH excluding ortho intramolecular Hbond substituents is 1. The van der Waals surface area contributed by atoms with E-state index >= 15 is 0 Å². The first-order valence-electron chi connectivity index (χ1n) is 5.90. The van der Waals surface area contributed by atoms with Crippen LogP contribution in [0.4, 0.5) is 0 Å². The number of ether oxygens (including phenoxy) is 1. The van der Waals surface area contributed by atoms with Gasteiger partial charge in [-0.1, -0.05) is 11.6 Å². The third-order valence-corrected chi connectivity index (χ3v) is 3.13. The number of carbonyl (C=O) groups is 1. The molecule has 1 N–H and O–H groups in total. The lowest BCUT2D eigenvalue weighted by atomic mass is 10.1. The van der Waals surface area contributed by atoms with Crippen LogP contribution in [0.3, 0.4) is 0 Å². The molecule has 1 fully saturated rings. The van der Waals surface area contributed by atoms with E-state index in [1.165, 1.54) is 6.07 Å². The highest BCUT2D eigenvalue weighted by atomic mass is 35.5. The van der Waals surface area contributed by atoms with Crippen molar-refractivity contribution in [1.82, 2.24) is 4.90 Å². The lowest BCUT2D eigenvalue weighted by Gasteiger charge is -2.35. The van der Waals surface area contributed by atoms with Crippen molar-refractivity contribution in [2.75, 3.05) is 13.1 Å². The average molecular weight is 270 g/mol. The van der Waals surface area contributed by atoms with Crippen LogP contribution in [0.15, 0.2) is 18.2 Å². The van der Waals surface area contributed by atoms with Crippen LogP contribution < -0.4 is 0 Å². The number of benzene rings is 1. The molecule has 5 heteroatoms. The highest BCUT2D eigenvalue weighted by Crippen LogP contribution is 2.24. The zero-order valence-corrected chi connectivity index (χ0v) is 11.1. The topological polar surface area (TPSA) is 49.8 Å². The van der Waals surface area contributed by atoms with Crippen LogP contribution in [0.2, 0.25) is 5.02 Å². The molecule has 2 atom stereocenters. The number of phenols is 1. The molecule has 1 aliphatic heterocycles. The maximum atomic E-state index is 12.3. The number of rotatable bonds is 1. The maximum absolute atomic E-state index is 12.3. The minimum absolute atomic E-state index is 0.00661. The number of aromatic hydroxyl groups is 1. The highest BCUT2D eigenvalue weighted by molar-refractivity contribution is 6.30. The molecule has 2 rings (SSSR count). The van der Waals surface area contributed by atoms with Gasteiger partial charge in [-0.25, -0.2) is 0 Å². The van der Waals surface area contributed by atoms with Crippen LogP contribution in [0, 0.1) is 0 Å². The minimum Gasteiger partial charge on any atom is -0.507 e. The van der Waals surface area contributed by atoms with Crippen molar-refractivity contribution >= 4 is 17.5 Å². The number of hydrogen-bond donors (Lipinski definition) is 1. The van der Waals surface area contributed by atoms with Gasteiger partial charge in [0, 0.05) is 18.1 Å². The molecule has 1 aliphatic rings. The lowest BCUT2D eigenvalue weighted by molar-refractivity contribution is -0.0586. The Balaban J connectivity index is 2.20. The molecule has 0 spiro atoms. The first-order chi connectivity index (χ1) is 8.47. The normalized spacial score (nSPS) is 24.1. The summed E-state index contributed by atoms with van der Waals surface area (Å²) in [6.45, 7) is 4.92. The van der Waals surface area contributed by atoms with E-state index in [1.807, 2.05) is 13.8 Å². The molecule has 0 aliphatic carbocycles. The second kappa shape index (κ2) is 5.16. The Morgan fingerprint density at radius 3 is 2.56 bits per heavy atom. The second-order valence-corrected chi connectivity index (χ2v) is 5.07. The summed E-state index contributed by atoms with van der Waals surface area (Å²) in [6, 6.07) is 4.52. The number of morpholine rings is 1. The van der Waals surface area contributed by atoms with E-state index < -0.39 is 0 Å². The third-order valence-electron chi connectivity index (χ3n) is 2.90. The van der Waals surface area contributed by atoms with Crippen LogP contribution in [0.5, 0.6) is 5.75 Å². The number of amides is 1. The molecule has 1 aromatic rings. The summed E-state index contributed by atoms with van der Waals surface area (Å²) in [5.41, 5.74) is 0.278. The first-order valence-corrected chi connectivity index (χ1v) is 6.28. The van der Waals surface area contributed by atoms with Gasteiger partial charge in [-0.3, -0.25) is 4.79 Å². The number of nitrogens with zero attached hydrogens (tertiary/aromatic N) is 1. The molecular weight excluding hydrogens is 254 g/mol. The standard InChI is InChI=1S/C13H16ClNO3/c1-8-6-15(7-9(2)18-8)13(17)11-4-3-10(14)5-12(11)16/h3-5,8-9,16H,6-7H2,1-2H3/t8-,9+. The summed E-state index contributed by atoms with van der Waals surface area (Å²) in [5.74, 6) is -0.273. The molecule has 0 bridgehead atoms. The van der Waals surface area contributed by atoms with E-state index in [0.29, 0.717) is 18.1 Å². The van der Waals surface area contributed by atoms with Crippen molar-refractivity contribution in [2.45, 2.75) is 26.1 Å². The molecule has 0 unspecified atom stereocenters. The zero-order valence-electron chi connectivity index (χ0n) is 10.4. The van der Waals surface area contributed by atoms with Crippen LogP contribution in [0.25, 0.3) is 0 Å². The summed E-state index contributed by atoms with van der Waals surface area (Å²) in [4.78, 5) is 14.0. The van der Waals surface area contributed by atoms with E-state index in [0.717, 1.165) is 0 Å². The molecule has 1 amide bonds. The Morgan fingerprint density at radius 1 is 1.39 bits per heavy atom. The van der Waals surface area contributed by atoms with E-state index in [4.69, 9.17) is 16.3 Å². The van der Waals surface area contributed by atoms with E-state index in [-0.39, 0.29) is 29.4 Å². The maximum Gasteiger partial charge on any atom is 0.257 e. The number of carbonyl (C=O) groups excluding carboxylic acids is 1. The van der Waals surface area contributed by atoms with Crippen molar-refractivity contribution in [3.8, 4) is 5.75 Å². The third kappa shape index (κ3) is 2.76. The lowest BCUT2D eigenvalue weighted by Crippen LogP contribution is -2.48. The molecular formula is C13H16ClNO3. The molecule has 18 heavy (non-hydrogen) atoms. The van der Waals surface area contributed by atoms with Gasteiger partial charge >= 0.3 is 0 Å². The summed E-state index contributed by atoms with van der Waals surface area (Å²) < 4.78 is 5.57. The van der Waals surface area contributed by atoms with Crippen molar-refractivity contribution < 1.29 is 14.6 Å². The van der Waals surface area contributed by atoms with Gasteiger partial charge in [0.15, 0.2) is 0 Å². The zero-order chi connectivity index (χ0) is 13.3. The van der Waals surface area contributed by atoms with Gasteiger partial charge < -0.3 is 14.7 Å². The molecule has 1 heterocycles. The van der Waals surface area contributed by atoms with Crippen molar-refractivity contribution in [3.63, 3.8) is 0 Å². The average Bonchev–Trinajstić information content (AvgIpc) is 2.26. The molecule has 98 valence electrons. The van der Waals surface area contributed by atoms with Gasteiger partial charge in [0.05, 0.1) is 17.8 Å². The van der Waals surface area contributed by atoms with Gasteiger partial charge in [0.25, 0.3) is 5.91 Å². The van der Waals surface area contributed by atoms with E-state index in [9.17, 15) is 9.90 Å². The minimum atomic E-state index is -0.189. The highest BCUT2D eigenvalue weighted by Gasteiger charge is 2.27. The second-order valence-electron chi connectivity index (χ2n) is 4.63. The molecule has 0 radical (unpaired) electrons. The van der Waals surface area contributed by atoms with Gasteiger partial charge in [0.2, 0.25) is 0 Å². The summed E-state index contributed by atoms with van der Waals surface area (Å²) in [6.07, 6.45) is 0.0132. The van der Waals surface area contributed by atoms with Crippen molar-refractivity contribution in [3.05, 3.63) is 28.8 Å². The smallest absolute Gasteiger partial charge is 0.257 e. The molecule has 1 saturated heterocycles. The molecule has 4 nitrogen and oxygen atoms in total. The van der Waals surface area contributed by atoms with Gasteiger partial charge in [0.1, 0.15) is 5.75 Å². The predicted octanol–water partition coefficient (Wildman–Crippen LogP) is 2.29. The number of hydrogen-bond acceptors (Lipinski definition) is 3.